The maximum Gasteiger partial charge on any atom is 0.418 e. The van der Waals surface area contributed by atoms with Crippen molar-refractivity contribution < 1.29 is 27.2 Å². The molecule has 0 atom stereocenters. The summed E-state index contributed by atoms with van der Waals surface area (Å²) in [5.74, 6) is -2.63. The quantitative estimate of drug-likeness (QED) is 0.596. The molecule has 0 aromatic heterocycles. The smallest absolute Gasteiger partial charge is 0.268 e. The largest absolute Gasteiger partial charge is 0.418 e. The Labute approximate surface area is 121 Å². The molecule has 0 fully saturated rings. The number of carbonyl (C=O) groups is 2. The summed E-state index contributed by atoms with van der Waals surface area (Å²) in [4.78, 5) is 24.8. The summed E-state index contributed by atoms with van der Waals surface area (Å²) in [6, 6.07) is 7.15. The van der Waals surface area contributed by atoms with Gasteiger partial charge >= 0.3 is 6.18 Å². The number of hydrogen-bond donors (Lipinski definition) is 0. The van der Waals surface area contributed by atoms with Gasteiger partial charge in [0.1, 0.15) is 5.82 Å². The van der Waals surface area contributed by atoms with Crippen LogP contribution >= 0.6 is 0 Å². The van der Waals surface area contributed by atoms with Gasteiger partial charge in [0, 0.05) is 0 Å². The Balaban J connectivity index is 2.17. The highest BCUT2D eigenvalue weighted by Gasteiger charge is 2.42. The van der Waals surface area contributed by atoms with Crippen LogP contribution < -0.4 is 4.90 Å². The second-order valence-electron chi connectivity index (χ2n) is 4.65. The highest BCUT2D eigenvalue weighted by atomic mass is 19.4. The minimum Gasteiger partial charge on any atom is -0.268 e. The van der Waals surface area contributed by atoms with Gasteiger partial charge in [0.25, 0.3) is 11.8 Å². The van der Waals surface area contributed by atoms with Crippen LogP contribution in [0.15, 0.2) is 42.5 Å². The molecule has 1 aliphatic rings. The standard InChI is InChI=1S/C15H7F4NO2/c16-8-5-6-9-10(7-8)14(22)20(13(9)21)12-4-2-1-3-11(12)15(17,18)19/h1-7H. The van der Waals surface area contributed by atoms with E-state index >= 15 is 0 Å². The van der Waals surface area contributed by atoms with Gasteiger partial charge in [0.05, 0.1) is 22.4 Å². The molecule has 0 saturated heterocycles. The van der Waals surface area contributed by atoms with E-state index in [1.165, 1.54) is 6.07 Å². The molecular weight excluding hydrogens is 302 g/mol. The van der Waals surface area contributed by atoms with Gasteiger partial charge in [-0.3, -0.25) is 9.59 Å². The fraction of sp³-hybridized carbons (Fsp3) is 0.0667. The van der Waals surface area contributed by atoms with Crippen LogP contribution in [-0.4, -0.2) is 11.8 Å². The van der Waals surface area contributed by atoms with Crippen molar-refractivity contribution in [3.63, 3.8) is 0 Å². The van der Waals surface area contributed by atoms with E-state index in [2.05, 4.69) is 0 Å². The molecule has 2 aromatic carbocycles. The molecular formula is C15H7F4NO2. The van der Waals surface area contributed by atoms with Gasteiger partial charge < -0.3 is 0 Å². The Hall–Kier alpha value is -2.70. The third-order valence-electron chi connectivity index (χ3n) is 3.30. The molecule has 22 heavy (non-hydrogen) atoms. The summed E-state index contributed by atoms with van der Waals surface area (Å²) in [5.41, 5.74) is -2.04. The topological polar surface area (TPSA) is 37.4 Å². The Morgan fingerprint density at radius 1 is 0.864 bits per heavy atom. The van der Waals surface area contributed by atoms with E-state index < -0.39 is 35.1 Å². The number of benzene rings is 2. The molecule has 0 spiro atoms. The van der Waals surface area contributed by atoms with Crippen molar-refractivity contribution in [2.45, 2.75) is 6.18 Å². The van der Waals surface area contributed by atoms with Gasteiger partial charge in [-0.15, -0.1) is 0 Å². The summed E-state index contributed by atoms with van der Waals surface area (Å²) in [6.07, 6.45) is -4.73. The molecule has 0 radical (unpaired) electrons. The molecule has 0 unspecified atom stereocenters. The lowest BCUT2D eigenvalue weighted by Crippen LogP contribution is -2.31. The Kier molecular flexibility index (Phi) is 3.01. The van der Waals surface area contributed by atoms with Crippen LogP contribution in [0, 0.1) is 5.82 Å². The van der Waals surface area contributed by atoms with Crippen LogP contribution in [0.4, 0.5) is 23.2 Å². The van der Waals surface area contributed by atoms with Gasteiger partial charge in [0.15, 0.2) is 0 Å². The first-order valence-corrected chi connectivity index (χ1v) is 6.15. The van der Waals surface area contributed by atoms with E-state index in [-0.39, 0.29) is 11.1 Å². The fourth-order valence-corrected chi connectivity index (χ4v) is 2.34. The van der Waals surface area contributed by atoms with Crippen LogP contribution in [0.1, 0.15) is 26.3 Å². The zero-order valence-corrected chi connectivity index (χ0v) is 10.8. The van der Waals surface area contributed by atoms with Crippen LogP contribution in [0.3, 0.4) is 0 Å². The molecule has 112 valence electrons. The molecule has 1 aliphatic heterocycles. The number of amides is 2. The Morgan fingerprint density at radius 2 is 1.50 bits per heavy atom. The van der Waals surface area contributed by atoms with Crippen molar-refractivity contribution in [1.82, 2.24) is 0 Å². The number of carbonyl (C=O) groups excluding carboxylic acids is 2. The lowest BCUT2D eigenvalue weighted by Gasteiger charge is -2.19. The first-order chi connectivity index (χ1) is 10.3. The number of imide groups is 1. The van der Waals surface area contributed by atoms with Crippen molar-refractivity contribution >= 4 is 17.5 Å². The van der Waals surface area contributed by atoms with E-state index in [4.69, 9.17) is 0 Å². The molecule has 2 amide bonds. The summed E-state index contributed by atoms with van der Waals surface area (Å²) in [6.45, 7) is 0. The van der Waals surface area contributed by atoms with Crippen LogP contribution in [0.5, 0.6) is 0 Å². The average Bonchev–Trinajstić information content (AvgIpc) is 2.69. The van der Waals surface area contributed by atoms with Crippen LogP contribution in [0.2, 0.25) is 0 Å². The van der Waals surface area contributed by atoms with Crippen molar-refractivity contribution in [3.8, 4) is 0 Å². The highest BCUT2D eigenvalue weighted by Crippen LogP contribution is 2.39. The van der Waals surface area contributed by atoms with Crippen molar-refractivity contribution in [2.75, 3.05) is 4.90 Å². The maximum atomic E-state index is 13.2. The van der Waals surface area contributed by atoms with Crippen LogP contribution in [0.25, 0.3) is 0 Å². The molecule has 3 rings (SSSR count). The van der Waals surface area contributed by atoms with E-state index in [1.807, 2.05) is 0 Å². The molecule has 0 saturated carbocycles. The number of hydrogen-bond acceptors (Lipinski definition) is 2. The number of nitrogens with zero attached hydrogens (tertiary/aromatic N) is 1. The van der Waals surface area contributed by atoms with E-state index in [0.29, 0.717) is 4.90 Å². The summed E-state index contributed by atoms with van der Waals surface area (Å²) >= 11 is 0. The molecule has 0 bridgehead atoms. The third kappa shape index (κ3) is 2.05. The van der Waals surface area contributed by atoms with E-state index in [1.54, 1.807) is 0 Å². The van der Waals surface area contributed by atoms with E-state index in [9.17, 15) is 27.2 Å². The highest BCUT2D eigenvalue weighted by molar-refractivity contribution is 6.34. The number of anilines is 1. The molecule has 3 nitrogen and oxygen atoms in total. The third-order valence-corrected chi connectivity index (χ3v) is 3.30. The van der Waals surface area contributed by atoms with E-state index in [0.717, 1.165) is 36.4 Å². The second kappa shape index (κ2) is 4.66. The number of rotatable bonds is 1. The van der Waals surface area contributed by atoms with Gasteiger partial charge in [-0.1, -0.05) is 12.1 Å². The van der Waals surface area contributed by atoms with Crippen LogP contribution in [-0.2, 0) is 6.18 Å². The first kappa shape index (κ1) is 14.2. The Bertz CT molecular complexity index is 798. The maximum absolute atomic E-state index is 13.2. The predicted molar refractivity (Wildman–Crippen MR) is 69.0 cm³/mol. The van der Waals surface area contributed by atoms with Gasteiger partial charge in [-0.25, -0.2) is 9.29 Å². The number of alkyl halides is 3. The minimum absolute atomic E-state index is 0.122. The van der Waals surface area contributed by atoms with Gasteiger partial charge in [-0.2, -0.15) is 13.2 Å². The average molecular weight is 309 g/mol. The molecule has 0 N–H and O–H groups in total. The zero-order valence-electron chi connectivity index (χ0n) is 10.8. The lowest BCUT2D eigenvalue weighted by atomic mass is 10.1. The summed E-state index contributed by atoms with van der Waals surface area (Å²) < 4.78 is 52.3. The molecule has 7 heteroatoms. The predicted octanol–water partition coefficient (Wildman–Crippen LogP) is 3.65. The van der Waals surface area contributed by atoms with Crippen molar-refractivity contribution in [3.05, 3.63) is 65.0 Å². The number of fused-ring (bicyclic) bond motifs is 1. The Morgan fingerprint density at radius 3 is 2.18 bits per heavy atom. The lowest BCUT2D eigenvalue weighted by molar-refractivity contribution is -0.137. The second-order valence-corrected chi connectivity index (χ2v) is 4.65. The summed E-state index contributed by atoms with van der Waals surface area (Å²) in [7, 11) is 0. The van der Waals surface area contributed by atoms with Crippen molar-refractivity contribution in [2.24, 2.45) is 0 Å². The number of para-hydroxylation sites is 1. The SMILES string of the molecule is O=C1c2ccc(F)cc2C(=O)N1c1ccccc1C(F)(F)F. The normalized spacial score (nSPS) is 14.5. The molecule has 2 aromatic rings. The molecule has 0 aliphatic carbocycles. The van der Waals surface area contributed by atoms with Gasteiger partial charge in [0.2, 0.25) is 0 Å². The van der Waals surface area contributed by atoms with Crippen molar-refractivity contribution in [1.29, 1.82) is 0 Å². The zero-order chi connectivity index (χ0) is 16.1. The number of halogens is 4. The minimum atomic E-state index is -4.73. The first-order valence-electron chi connectivity index (χ1n) is 6.15. The summed E-state index contributed by atoms with van der Waals surface area (Å²) in [5, 5.41) is 0. The molecule has 1 heterocycles. The van der Waals surface area contributed by atoms with Gasteiger partial charge in [-0.05, 0) is 30.3 Å². The monoisotopic (exact) mass is 309 g/mol. The fourth-order valence-electron chi connectivity index (χ4n) is 2.34.